The Balaban J connectivity index is 1.79. The van der Waals surface area contributed by atoms with Crippen LogP contribution in [0.25, 0.3) is 0 Å². The van der Waals surface area contributed by atoms with Gasteiger partial charge in [0.1, 0.15) is 0 Å². The van der Waals surface area contributed by atoms with Crippen molar-refractivity contribution >= 4 is 11.4 Å². The van der Waals surface area contributed by atoms with Gasteiger partial charge in [-0.15, -0.1) is 0 Å². The number of benzene rings is 2. The van der Waals surface area contributed by atoms with E-state index in [4.69, 9.17) is 0 Å². The molecule has 2 aliphatic rings. The minimum Gasteiger partial charge on any atom is -0.372 e. The van der Waals surface area contributed by atoms with E-state index in [0.717, 1.165) is 19.6 Å². The molecule has 1 aliphatic carbocycles. The first-order valence-corrected chi connectivity index (χ1v) is 9.01. The van der Waals surface area contributed by atoms with Crippen molar-refractivity contribution in [3.63, 3.8) is 0 Å². The Kier molecular flexibility index (Phi) is 3.56. The lowest BCUT2D eigenvalue weighted by atomic mass is 9.95. The summed E-state index contributed by atoms with van der Waals surface area (Å²) in [4.78, 5) is 5.06. The van der Waals surface area contributed by atoms with Crippen molar-refractivity contribution in [2.45, 2.75) is 39.2 Å². The Morgan fingerprint density at radius 2 is 1.78 bits per heavy atom. The molecule has 2 heteroatoms. The highest BCUT2D eigenvalue weighted by Gasteiger charge is 2.43. The lowest BCUT2D eigenvalue weighted by Crippen LogP contribution is -2.24. The summed E-state index contributed by atoms with van der Waals surface area (Å²) in [5, 5.41) is 0. The van der Waals surface area contributed by atoms with Crippen molar-refractivity contribution in [1.82, 2.24) is 0 Å². The summed E-state index contributed by atoms with van der Waals surface area (Å²) in [6.45, 7) is 9.98. The fraction of sp³-hybridized carbons (Fsp3) is 0.429. The topological polar surface area (TPSA) is 6.48 Å². The molecular weight excluding hydrogens is 280 g/mol. The molecule has 120 valence electrons. The summed E-state index contributed by atoms with van der Waals surface area (Å²) in [6, 6.07) is 16.7. The van der Waals surface area contributed by atoms with Crippen LogP contribution < -0.4 is 9.80 Å². The van der Waals surface area contributed by atoms with Crippen LogP contribution in [0.2, 0.25) is 0 Å². The van der Waals surface area contributed by atoms with E-state index in [0.29, 0.717) is 12.0 Å². The van der Waals surface area contributed by atoms with Gasteiger partial charge in [-0.2, -0.15) is 0 Å². The number of nitrogens with zero attached hydrogens (tertiary/aromatic N) is 2. The van der Waals surface area contributed by atoms with Gasteiger partial charge in [0, 0.05) is 36.9 Å². The maximum atomic E-state index is 2.61. The summed E-state index contributed by atoms with van der Waals surface area (Å²) < 4.78 is 0. The molecule has 0 spiro atoms. The van der Waals surface area contributed by atoms with Gasteiger partial charge in [-0.1, -0.05) is 24.3 Å². The molecule has 0 radical (unpaired) electrons. The normalized spacial score (nSPS) is 21.1. The second-order valence-electron chi connectivity index (χ2n) is 6.66. The predicted molar refractivity (Wildman–Crippen MR) is 98.7 cm³/mol. The fourth-order valence-corrected chi connectivity index (χ4v) is 4.64. The van der Waals surface area contributed by atoms with E-state index in [1.54, 1.807) is 16.7 Å². The zero-order valence-corrected chi connectivity index (χ0v) is 14.4. The van der Waals surface area contributed by atoms with Gasteiger partial charge in [-0.05, 0) is 62.1 Å². The average Bonchev–Trinajstić information content (AvgIpc) is 3.10. The summed E-state index contributed by atoms with van der Waals surface area (Å²) >= 11 is 0. The number of fused-ring (bicyclic) bond motifs is 5. The van der Waals surface area contributed by atoms with Gasteiger partial charge in [0.15, 0.2) is 0 Å². The van der Waals surface area contributed by atoms with Crippen molar-refractivity contribution in [3.05, 3.63) is 59.2 Å². The highest BCUT2D eigenvalue weighted by Crippen LogP contribution is 2.55. The van der Waals surface area contributed by atoms with E-state index in [2.05, 4.69) is 73.0 Å². The van der Waals surface area contributed by atoms with Gasteiger partial charge in [-0.25, -0.2) is 0 Å². The van der Waals surface area contributed by atoms with E-state index in [9.17, 15) is 0 Å². The van der Waals surface area contributed by atoms with Crippen LogP contribution in [0.5, 0.6) is 0 Å². The Morgan fingerprint density at radius 3 is 2.52 bits per heavy atom. The maximum Gasteiger partial charge on any atom is 0.0617 e. The van der Waals surface area contributed by atoms with Gasteiger partial charge in [0.2, 0.25) is 0 Å². The molecule has 2 aromatic rings. The molecule has 0 N–H and O–H groups in total. The van der Waals surface area contributed by atoms with Crippen LogP contribution in [0, 0.1) is 0 Å². The fourth-order valence-electron chi connectivity index (χ4n) is 4.64. The highest BCUT2D eigenvalue weighted by atomic mass is 15.2. The van der Waals surface area contributed by atoms with E-state index < -0.39 is 0 Å². The smallest absolute Gasteiger partial charge is 0.0617 e. The zero-order valence-electron chi connectivity index (χ0n) is 14.4. The van der Waals surface area contributed by atoms with Crippen LogP contribution in [-0.4, -0.2) is 19.6 Å². The number of hydrogen-bond donors (Lipinski definition) is 0. The molecule has 0 amide bonds. The summed E-state index contributed by atoms with van der Waals surface area (Å²) in [5.74, 6) is 0.623. The van der Waals surface area contributed by atoms with Gasteiger partial charge in [0.25, 0.3) is 0 Å². The minimum atomic E-state index is 0.540. The molecule has 4 rings (SSSR count). The van der Waals surface area contributed by atoms with Crippen LogP contribution in [-0.2, 0) is 6.42 Å². The zero-order chi connectivity index (χ0) is 16.0. The molecule has 1 heterocycles. The second kappa shape index (κ2) is 5.59. The first-order chi connectivity index (χ1) is 11.3. The predicted octanol–water partition coefficient (Wildman–Crippen LogP) is 4.75. The summed E-state index contributed by atoms with van der Waals surface area (Å²) in [7, 11) is 0. The van der Waals surface area contributed by atoms with E-state index in [-0.39, 0.29) is 0 Å². The maximum absolute atomic E-state index is 2.61. The molecule has 0 bridgehead atoms. The lowest BCUT2D eigenvalue weighted by Gasteiger charge is -2.27. The van der Waals surface area contributed by atoms with Crippen LogP contribution in [0.15, 0.2) is 42.5 Å². The molecule has 2 nitrogen and oxygen atoms in total. The number of hydrogen-bond acceptors (Lipinski definition) is 2. The quantitative estimate of drug-likeness (QED) is 0.804. The Labute approximate surface area is 139 Å². The van der Waals surface area contributed by atoms with Crippen molar-refractivity contribution in [2.24, 2.45) is 0 Å². The van der Waals surface area contributed by atoms with Crippen LogP contribution in [0.3, 0.4) is 0 Å². The van der Waals surface area contributed by atoms with E-state index >= 15 is 0 Å². The third-order valence-corrected chi connectivity index (χ3v) is 5.72. The first-order valence-electron chi connectivity index (χ1n) is 9.01. The first kappa shape index (κ1) is 14.6. The SMILES string of the molecule is CCN(CC)c1ccc2c(c1)C1Cc3ccccc3C1N2CC. The Hall–Kier alpha value is -1.96. The third kappa shape index (κ3) is 2.08. The van der Waals surface area contributed by atoms with E-state index in [1.807, 2.05) is 0 Å². The van der Waals surface area contributed by atoms with Gasteiger partial charge in [0.05, 0.1) is 6.04 Å². The monoisotopic (exact) mass is 306 g/mol. The second-order valence-corrected chi connectivity index (χ2v) is 6.66. The van der Waals surface area contributed by atoms with Crippen LogP contribution in [0.1, 0.15) is 49.4 Å². The van der Waals surface area contributed by atoms with Crippen LogP contribution in [0.4, 0.5) is 11.4 Å². The molecule has 2 aromatic carbocycles. The number of rotatable bonds is 4. The third-order valence-electron chi connectivity index (χ3n) is 5.72. The molecule has 2 atom stereocenters. The number of likely N-dealkylation sites (N-methyl/N-ethyl adjacent to an activating group) is 1. The standard InChI is InChI=1S/C21H26N2/c1-4-22(5-2)16-11-12-20-18(14-16)19-13-15-9-7-8-10-17(15)21(19)23(20)6-3/h7-12,14,19,21H,4-6,13H2,1-3H3. The van der Waals surface area contributed by atoms with Crippen molar-refractivity contribution in [2.75, 3.05) is 29.4 Å². The summed E-state index contributed by atoms with van der Waals surface area (Å²) in [6.07, 6.45) is 1.19. The van der Waals surface area contributed by atoms with Crippen LogP contribution >= 0.6 is 0 Å². The largest absolute Gasteiger partial charge is 0.372 e. The van der Waals surface area contributed by atoms with E-state index in [1.165, 1.54) is 17.8 Å². The molecule has 2 unspecified atom stereocenters. The van der Waals surface area contributed by atoms with Gasteiger partial charge < -0.3 is 9.80 Å². The van der Waals surface area contributed by atoms with Crippen molar-refractivity contribution in [3.8, 4) is 0 Å². The van der Waals surface area contributed by atoms with Gasteiger partial charge >= 0.3 is 0 Å². The van der Waals surface area contributed by atoms with Gasteiger partial charge in [-0.3, -0.25) is 0 Å². The Bertz CT molecular complexity index is 718. The highest BCUT2D eigenvalue weighted by molar-refractivity contribution is 5.70. The Morgan fingerprint density at radius 1 is 1.00 bits per heavy atom. The minimum absolute atomic E-state index is 0.540. The van der Waals surface area contributed by atoms with Crippen molar-refractivity contribution < 1.29 is 0 Å². The molecule has 23 heavy (non-hydrogen) atoms. The van der Waals surface area contributed by atoms with Crippen molar-refractivity contribution in [1.29, 1.82) is 0 Å². The average molecular weight is 306 g/mol. The summed E-state index contributed by atoms with van der Waals surface area (Å²) in [5.41, 5.74) is 7.46. The molecule has 0 aromatic heterocycles. The molecule has 1 aliphatic heterocycles. The molecular formula is C21H26N2. The molecule has 0 saturated carbocycles. The molecule has 0 saturated heterocycles. The lowest BCUT2D eigenvalue weighted by molar-refractivity contribution is 0.596. The molecule has 0 fully saturated rings. The number of anilines is 2.